The SMILES string of the molecule is CCS(=O)(=O)CCNC(=O)N[C@H](CCC(=O)OC)C(=O)O. The van der Waals surface area contributed by atoms with Gasteiger partial charge >= 0.3 is 18.0 Å². The second-order valence-electron chi connectivity index (χ2n) is 4.14. The Bertz CT molecular complexity index is 475. The van der Waals surface area contributed by atoms with Crippen LogP contribution in [-0.4, -0.2) is 62.7 Å². The lowest BCUT2D eigenvalue weighted by atomic mass is 10.1. The van der Waals surface area contributed by atoms with Crippen LogP contribution in [-0.2, 0) is 24.2 Å². The van der Waals surface area contributed by atoms with Gasteiger partial charge in [-0.3, -0.25) is 4.79 Å². The number of ether oxygens (including phenoxy) is 1. The summed E-state index contributed by atoms with van der Waals surface area (Å²) in [6, 6.07) is -2.06. The van der Waals surface area contributed by atoms with Crippen molar-refractivity contribution >= 4 is 27.8 Å². The number of amides is 2. The Morgan fingerprint density at radius 3 is 2.38 bits per heavy atom. The van der Waals surface area contributed by atoms with E-state index in [0.717, 1.165) is 0 Å². The van der Waals surface area contributed by atoms with Crippen molar-refractivity contribution in [2.24, 2.45) is 0 Å². The van der Waals surface area contributed by atoms with Crippen LogP contribution in [0.4, 0.5) is 4.79 Å². The monoisotopic (exact) mass is 324 g/mol. The smallest absolute Gasteiger partial charge is 0.326 e. The fourth-order valence-electron chi connectivity index (χ4n) is 1.30. The van der Waals surface area contributed by atoms with Gasteiger partial charge < -0.3 is 20.5 Å². The number of carboxylic acid groups (broad SMARTS) is 1. The summed E-state index contributed by atoms with van der Waals surface area (Å²) >= 11 is 0. The zero-order valence-electron chi connectivity index (χ0n) is 11.9. The van der Waals surface area contributed by atoms with Crippen molar-refractivity contribution in [2.45, 2.75) is 25.8 Å². The summed E-state index contributed by atoms with van der Waals surface area (Å²) in [6.45, 7) is 1.37. The third-order valence-corrected chi connectivity index (χ3v) is 4.31. The van der Waals surface area contributed by atoms with Crippen molar-refractivity contribution in [1.29, 1.82) is 0 Å². The normalized spacial score (nSPS) is 12.3. The molecule has 0 aromatic rings. The van der Waals surface area contributed by atoms with Crippen LogP contribution in [0.5, 0.6) is 0 Å². The van der Waals surface area contributed by atoms with E-state index in [-0.39, 0.29) is 30.9 Å². The number of sulfone groups is 1. The maximum Gasteiger partial charge on any atom is 0.326 e. The summed E-state index contributed by atoms with van der Waals surface area (Å²) in [5, 5.41) is 13.3. The van der Waals surface area contributed by atoms with E-state index in [9.17, 15) is 22.8 Å². The zero-order chi connectivity index (χ0) is 16.5. The molecule has 0 aromatic heterocycles. The summed E-state index contributed by atoms with van der Waals surface area (Å²) in [5.74, 6) is -2.14. The Labute approximate surface area is 123 Å². The number of carboxylic acids is 1. The lowest BCUT2D eigenvalue weighted by Crippen LogP contribution is -2.47. The Kier molecular flexibility index (Phi) is 8.36. The summed E-state index contributed by atoms with van der Waals surface area (Å²) in [5.41, 5.74) is 0. The summed E-state index contributed by atoms with van der Waals surface area (Å²) < 4.78 is 26.8. The standard InChI is InChI=1S/C11H20N2O7S/c1-3-21(18,19)7-6-12-11(17)13-8(10(15)16)4-5-9(14)20-2/h8H,3-7H2,1-2H3,(H,15,16)(H2,12,13,17)/t8-/m1/s1. The van der Waals surface area contributed by atoms with E-state index in [1.807, 2.05) is 0 Å². The van der Waals surface area contributed by atoms with Crippen LogP contribution in [0, 0.1) is 0 Å². The van der Waals surface area contributed by atoms with Crippen LogP contribution in [0.2, 0.25) is 0 Å². The van der Waals surface area contributed by atoms with Gasteiger partial charge in [-0.1, -0.05) is 6.92 Å². The van der Waals surface area contributed by atoms with Gasteiger partial charge in [0.2, 0.25) is 0 Å². The molecular formula is C11H20N2O7S. The van der Waals surface area contributed by atoms with Gasteiger partial charge in [0, 0.05) is 18.7 Å². The Morgan fingerprint density at radius 2 is 1.90 bits per heavy atom. The predicted octanol–water partition coefficient (Wildman–Crippen LogP) is -0.873. The number of nitrogens with one attached hydrogen (secondary N) is 2. The lowest BCUT2D eigenvalue weighted by molar-refractivity contribution is -0.142. The highest BCUT2D eigenvalue weighted by Crippen LogP contribution is 1.99. The molecule has 0 rings (SSSR count). The van der Waals surface area contributed by atoms with Gasteiger partial charge in [0.1, 0.15) is 6.04 Å². The molecule has 0 aliphatic heterocycles. The van der Waals surface area contributed by atoms with Crippen LogP contribution in [0.1, 0.15) is 19.8 Å². The molecule has 0 bridgehead atoms. The molecule has 1 atom stereocenters. The molecule has 122 valence electrons. The first kappa shape index (κ1) is 19.2. The first-order valence-electron chi connectivity index (χ1n) is 6.26. The van der Waals surface area contributed by atoms with E-state index in [0.29, 0.717) is 0 Å². The van der Waals surface area contributed by atoms with E-state index in [1.54, 1.807) is 0 Å². The van der Waals surface area contributed by atoms with Gasteiger partial charge in [-0.05, 0) is 6.42 Å². The van der Waals surface area contributed by atoms with Crippen molar-refractivity contribution in [3.63, 3.8) is 0 Å². The van der Waals surface area contributed by atoms with Crippen LogP contribution >= 0.6 is 0 Å². The van der Waals surface area contributed by atoms with Gasteiger partial charge in [-0.25, -0.2) is 18.0 Å². The second-order valence-corrected chi connectivity index (χ2v) is 6.61. The summed E-state index contributed by atoms with van der Waals surface area (Å²) in [7, 11) is -2.03. The van der Waals surface area contributed by atoms with Gasteiger partial charge in [0.15, 0.2) is 9.84 Å². The van der Waals surface area contributed by atoms with Crippen molar-refractivity contribution in [1.82, 2.24) is 10.6 Å². The van der Waals surface area contributed by atoms with Crippen molar-refractivity contribution in [3.05, 3.63) is 0 Å². The van der Waals surface area contributed by atoms with Crippen molar-refractivity contribution in [3.8, 4) is 0 Å². The quantitative estimate of drug-likeness (QED) is 0.468. The van der Waals surface area contributed by atoms with Crippen LogP contribution < -0.4 is 10.6 Å². The van der Waals surface area contributed by atoms with Crippen LogP contribution in [0.25, 0.3) is 0 Å². The minimum atomic E-state index is -3.20. The highest BCUT2D eigenvalue weighted by Gasteiger charge is 2.21. The number of carbonyl (C=O) groups excluding carboxylic acids is 2. The number of carbonyl (C=O) groups is 3. The Hall–Kier alpha value is -1.84. The highest BCUT2D eigenvalue weighted by molar-refractivity contribution is 7.91. The molecule has 0 unspecified atom stereocenters. The molecule has 0 fully saturated rings. The van der Waals surface area contributed by atoms with Crippen molar-refractivity contribution in [2.75, 3.05) is 25.2 Å². The number of hydrogen-bond acceptors (Lipinski definition) is 6. The first-order valence-corrected chi connectivity index (χ1v) is 8.08. The second kappa shape index (κ2) is 9.16. The minimum absolute atomic E-state index is 0.0345. The third kappa shape index (κ3) is 8.84. The molecular weight excluding hydrogens is 304 g/mol. The molecule has 0 aliphatic rings. The van der Waals surface area contributed by atoms with Gasteiger partial charge in [-0.2, -0.15) is 0 Å². The molecule has 0 saturated heterocycles. The largest absolute Gasteiger partial charge is 0.480 e. The maximum atomic E-state index is 11.4. The molecule has 9 nitrogen and oxygen atoms in total. The van der Waals surface area contributed by atoms with E-state index >= 15 is 0 Å². The molecule has 2 amide bonds. The molecule has 21 heavy (non-hydrogen) atoms. The average molecular weight is 324 g/mol. The first-order chi connectivity index (χ1) is 9.71. The number of rotatable bonds is 9. The molecule has 10 heteroatoms. The van der Waals surface area contributed by atoms with E-state index in [1.165, 1.54) is 14.0 Å². The lowest BCUT2D eigenvalue weighted by Gasteiger charge is -2.14. The van der Waals surface area contributed by atoms with Crippen molar-refractivity contribution < 1.29 is 32.6 Å². The number of urea groups is 1. The molecule has 0 spiro atoms. The number of methoxy groups -OCH3 is 1. The maximum absolute atomic E-state index is 11.4. The van der Waals surface area contributed by atoms with E-state index in [4.69, 9.17) is 5.11 Å². The number of esters is 1. The molecule has 0 heterocycles. The molecule has 3 N–H and O–H groups in total. The fourth-order valence-corrected chi connectivity index (χ4v) is 2.00. The Morgan fingerprint density at radius 1 is 1.29 bits per heavy atom. The van der Waals surface area contributed by atoms with Gasteiger partial charge in [0.25, 0.3) is 0 Å². The summed E-state index contributed by atoms with van der Waals surface area (Å²) in [4.78, 5) is 33.3. The number of aliphatic carboxylic acids is 1. The summed E-state index contributed by atoms with van der Waals surface area (Å²) in [6.07, 6.45) is -0.277. The molecule has 0 aromatic carbocycles. The third-order valence-electron chi connectivity index (χ3n) is 2.61. The minimum Gasteiger partial charge on any atom is -0.480 e. The van der Waals surface area contributed by atoms with E-state index < -0.39 is 33.8 Å². The Balaban J connectivity index is 4.24. The molecule has 0 radical (unpaired) electrons. The topological polar surface area (TPSA) is 139 Å². The number of hydrogen-bond donors (Lipinski definition) is 3. The van der Waals surface area contributed by atoms with Gasteiger partial charge in [0.05, 0.1) is 12.9 Å². The predicted molar refractivity (Wildman–Crippen MR) is 73.5 cm³/mol. The highest BCUT2D eigenvalue weighted by atomic mass is 32.2. The van der Waals surface area contributed by atoms with Gasteiger partial charge in [-0.15, -0.1) is 0 Å². The fraction of sp³-hybridized carbons (Fsp3) is 0.727. The average Bonchev–Trinajstić information content (AvgIpc) is 2.42. The molecule has 0 saturated carbocycles. The van der Waals surface area contributed by atoms with Crippen LogP contribution in [0.3, 0.4) is 0 Å². The molecule has 0 aliphatic carbocycles. The van der Waals surface area contributed by atoms with Crippen LogP contribution in [0.15, 0.2) is 0 Å². The zero-order valence-corrected chi connectivity index (χ0v) is 12.7. The van der Waals surface area contributed by atoms with E-state index in [2.05, 4.69) is 15.4 Å².